The number of carbonyl (C=O) groups excluding carboxylic acids is 1. The van der Waals surface area contributed by atoms with Crippen molar-refractivity contribution in [3.63, 3.8) is 0 Å². The lowest BCUT2D eigenvalue weighted by atomic mass is 9.99. The molecule has 0 fully saturated rings. The number of halogens is 1. The summed E-state index contributed by atoms with van der Waals surface area (Å²) in [6.45, 7) is 9.61. The maximum absolute atomic E-state index is 13.5. The minimum atomic E-state index is -0.343. The number of carbonyl (C=O) groups is 1. The van der Waals surface area contributed by atoms with E-state index < -0.39 is 0 Å². The van der Waals surface area contributed by atoms with Crippen LogP contribution in [0.4, 0.5) is 4.39 Å². The summed E-state index contributed by atoms with van der Waals surface area (Å²) in [7, 11) is 1.99. The number of benzene rings is 1. The van der Waals surface area contributed by atoms with Gasteiger partial charge in [-0.1, -0.05) is 44.7 Å². The molecule has 3 atom stereocenters. The lowest BCUT2D eigenvalue weighted by Gasteiger charge is -2.37. The number of amides is 1. The third-order valence-electron chi connectivity index (χ3n) is 6.12. The van der Waals surface area contributed by atoms with Crippen LogP contribution in [0.2, 0.25) is 0 Å². The fraction of sp³-hybridized carbons (Fsp3) is 0.500. The fourth-order valence-electron chi connectivity index (χ4n) is 4.02. The van der Waals surface area contributed by atoms with E-state index in [1.807, 2.05) is 20.9 Å². The first-order valence-electron chi connectivity index (χ1n) is 12.2. The summed E-state index contributed by atoms with van der Waals surface area (Å²) >= 11 is 0. The molecule has 0 saturated carbocycles. The highest BCUT2D eigenvalue weighted by atomic mass is 19.1. The van der Waals surface area contributed by atoms with E-state index >= 15 is 0 Å². The number of ether oxygens (including phenoxy) is 1. The number of rotatable bonds is 7. The van der Waals surface area contributed by atoms with E-state index in [-0.39, 0.29) is 42.3 Å². The third-order valence-corrected chi connectivity index (χ3v) is 6.12. The average Bonchev–Trinajstić information content (AvgIpc) is 2.82. The summed E-state index contributed by atoms with van der Waals surface area (Å²) in [4.78, 5) is 21.8. The van der Waals surface area contributed by atoms with Crippen LogP contribution in [0.15, 0.2) is 36.5 Å². The molecule has 0 aliphatic carbocycles. The molecule has 1 N–H and O–H groups in total. The predicted molar refractivity (Wildman–Crippen MR) is 134 cm³/mol. The monoisotopic (exact) mass is 481 g/mol. The van der Waals surface area contributed by atoms with Gasteiger partial charge in [0.05, 0.1) is 12.6 Å². The molecular weight excluding hydrogens is 445 g/mol. The number of aromatic nitrogens is 1. The van der Waals surface area contributed by atoms with Crippen LogP contribution >= 0.6 is 0 Å². The molecule has 188 valence electrons. The largest absolute Gasteiger partial charge is 0.472 e. The van der Waals surface area contributed by atoms with Crippen molar-refractivity contribution in [3.05, 3.63) is 59.0 Å². The Morgan fingerprint density at radius 3 is 2.66 bits per heavy atom. The van der Waals surface area contributed by atoms with E-state index in [0.717, 1.165) is 12.0 Å². The van der Waals surface area contributed by atoms with Gasteiger partial charge < -0.3 is 14.7 Å². The number of likely N-dealkylation sites (N-methyl/N-ethyl adjacent to an activating group) is 1. The SMILES string of the molecule is CC(C)CC#Cc1cnc2c(c1)C(=O)N([C@H](C)CO)C[C@@H](C)[C@@H](CN(C)Cc1ccc(F)cc1)O2. The van der Waals surface area contributed by atoms with Crippen LogP contribution in [0.5, 0.6) is 5.88 Å². The molecule has 6 nitrogen and oxygen atoms in total. The number of pyridine rings is 1. The highest BCUT2D eigenvalue weighted by Crippen LogP contribution is 2.27. The standard InChI is InChI=1S/C28H36FN3O3/c1-19(2)7-6-8-23-13-25-27(30-14-23)35-26(20(3)15-32(28(25)34)21(4)18-33)17-31(5)16-22-9-11-24(29)12-10-22/h9-14,19-21,26,33H,7,15-18H2,1-5H3/t20-,21-,26-/m1/s1. The highest BCUT2D eigenvalue weighted by molar-refractivity contribution is 5.97. The molecule has 0 unspecified atom stereocenters. The van der Waals surface area contributed by atoms with Crippen molar-refractivity contribution in [2.24, 2.45) is 11.8 Å². The van der Waals surface area contributed by atoms with E-state index in [1.54, 1.807) is 29.3 Å². The third kappa shape index (κ3) is 7.27. The van der Waals surface area contributed by atoms with E-state index in [4.69, 9.17) is 4.74 Å². The molecule has 2 aromatic rings. The Balaban J connectivity index is 1.88. The lowest BCUT2D eigenvalue weighted by molar-refractivity contribution is 0.0325. The second-order valence-electron chi connectivity index (χ2n) is 9.92. The molecule has 0 spiro atoms. The molecular formula is C28H36FN3O3. The predicted octanol–water partition coefficient (Wildman–Crippen LogP) is 3.97. The van der Waals surface area contributed by atoms with Gasteiger partial charge in [-0.25, -0.2) is 9.37 Å². The Morgan fingerprint density at radius 1 is 1.29 bits per heavy atom. The van der Waals surface area contributed by atoms with Crippen molar-refractivity contribution < 1.29 is 19.0 Å². The maximum Gasteiger partial charge on any atom is 0.259 e. The zero-order chi connectivity index (χ0) is 25.5. The number of aliphatic hydroxyl groups is 1. The van der Waals surface area contributed by atoms with Gasteiger partial charge in [0.25, 0.3) is 5.91 Å². The molecule has 1 amide bonds. The molecule has 0 saturated heterocycles. The van der Waals surface area contributed by atoms with Gasteiger partial charge in [-0.2, -0.15) is 0 Å². The molecule has 1 aliphatic heterocycles. The van der Waals surface area contributed by atoms with E-state index in [0.29, 0.717) is 36.7 Å². The van der Waals surface area contributed by atoms with Crippen molar-refractivity contribution in [2.75, 3.05) is 26.7 Å². The Labute approximate surface area is 208 Å². The van der Waals surface area contributed by atoms with Crippen LogP contribution in [-0.2, 0) is 6.54 Å². The van der Waals surface area contributed by atoms with Crippen molar-refractivity contribution in [2.45, 2.75) is 52.8 Å². The Hall–Kier alpha value is -2.95. The van der Waals surface area contributed by atoms with Gasteiger partial charge in [0.2, 0.25) is 5.88 Å². The first kappa shape index (κ1) is 26.7. The molecule has 1 aromatic heterocycles. The van der Waals surface area contributed by atoms with Crippen molar-refractivity contribution in [1.82, 2.24) is 14.8 Å². The second-order valence-corrected chi connectivity index (χ2v) is 9.92. The van der Waals surface area contributed by atoms with E-state index in [2.05, 4.69) is 35.6 Å². The van der Waals surface area contributed by atoms with Gasteiger partial charge in [0.1, 0.15) is 17.5 Å². The van der Waals surface area contributed by atoms with Crippen LogP contribution in [0.25, 0.3) is 0 Å². The van der Waals surface area contributed by atoms with Gasteiger partial charge >= 0.3 is 0 Å². The minimum Gasteiger partial charge on any atom is -0.472 e. The van der Waals surface area contributed by atoms with Crippen LogP contribution in [0, 0.1) is 29.5 Å². The Morgan fingerprint density at radius 2 is 2.00 bits per heavy atom. The number of aliphatic hydroxyl groups excluding tert-OH is 1. The van der Waals surface area contributed by atoms with Crippen LogP contribution in [0.1, 0.15) is 55.6 Å². The zero-order valence-electron chi connectivity index (χ0n) is 21.3. The highest BCUT2D eigenvalue weighted by Gasteiger charge is 2.34. The molecule has 7 heteroatoms. The van der Waals surface area contributed by atoms with Crippen molar-refractivity contribution >= 4 is 5.91 Å². The first-order chi connectivity index (χ1) is 16.7. The number of fused-ring (bicyclic) bond motifs is 1. The molecule has 3 rings (SSSR count). The first-order valence-corrected chi connectivity index (χ1v) is 12.2. The number of hydrogen-bond donors (Lipinski definition) is 1. The Bertz CT molecular complexity index is 1060. The maximum atomic E-state index is 13.5. The second kappa shape index (κ2) is 12.1. The topological polar surface area (TPSA) is 65.9 Å². The van der Waals surface area contributed by atoms with Crippen LogP contribution < -0.4 is 4.74 Å². The fourth-order valence-corrected chi connectivity index (χ4v) is 4.02. The van der Waals surface area contributed by atoms with Gasteiger partial charge in [0, 0.05) is 43.7 Å². The quantitative estimate of drug-likeness (QED) is 0.607. The summed E-state index contributed by atoms with van der Waals surface area (Å²) in [6, 6.07) is 7.86. The molecule has 2 heterocycles. The summed E-state index contributed by atoms with van der Waals surface area (Å²) in [6.07, 6.45) is 2.16. The molecule has 0 radical (unpaired) electrons. The normalized spacial score (nSPS) is 18.9. The average molecular weight is 482 g/mol. The summed E-state index contributed by atoms with van der Waals surface area (Å²) in [5.41, 5.74) is 2.03. The lowest BCUT2D eigenvalue weighted by Crippen LogP contribution is -2.49. The summed E-state index contributed by atoms with van der Waals surface area (Å²) in [5, 5.41) is 9.82. The van der Waals surface area contributed by atoms with Gasteiger partial charge in [-0.15, -0.1) is 0 Å². The van der Waals surface area contributed by atoms with Crippen molar-refractivity contribution in [1.29, 1.82) is 0 Å². The van der Waals surface area contributed by atoms with Gasteiger partial charge in [-0.05, 0) is 43.7 Å². The molecule has 35 heavy (non-hydrogen) atoms. The zero-order valence-corrected chi connectivity index (χ0v) is 21.3. The number of hydrogen-bond acceptors (Lipinski definition) is 5. The minimum absolute atomic E-state index is 0.0101. The van der Waals surface area contributed by atoms with Crippen LogP contribution in [-0.4, -0.2) is 64.7 Å². The van der Waals surface area contributed by atoms with Gasteiger partial charge in [0.15, 0.2) is 0 Å². The van der Waals surface area contributed by atoms with E-state index in [1.165, 1.54) is 12.1 Å². The van der Waals surface area contributed by atoms with Crippen molar-refractivity contribution in [3.8, 4) is 17.7 Å². The van der Waals surface area contributed by atoms with E-state index in [9.17, 15) is 14.3 Å². The van der Waals surface area contributed by atoms with Gasteiger partial charge in [-0.3, -0.25) is 9.69 Å². The Kier molecular flexibility index (Phi) is 9.25. The molecule has 0 bridgehead atoms. The molecule has 1 aromatic carbocycles. The smallest absolute Gasteiger partial charge is 0.259 e. The van der Waals surface area contributed by atoms with Crippen LogP contribution in [0.3, 0.4) is 0 Å². The summed E-state index contributed by atoms with van der Waals surface area (Å²) < 4.78 is 19.6. The number of nitrogens with zero attached hydrogens (tertiary/aromatic N) is 3. The molecule has 1 aliphatic rings. The summed E-state index contributed by atoms with van der Waals surface area (Å²) in [5.74, 6) is 6.50.